The Morgan fingerprint density at radius 2 is 2.00 bits per heavy atom. The van der Waals surface area contributed by atoms with Crippen molar-refractivity contribution in [2.75, 3.05) is 14.1 Å². The normalized spacial score (nSPS) is 17.2. The van der Waals surface area contributed by atoms with Gasteiger partial charge in [0.2, 0.25) is 0 Å². The van der Waals surface area contributed by atoms with Crippen LogP contribution in [0.2, 0.25) is 0 Å². The van der Waals surface area contributed by atoms with E-state index in [2.05, 4.69) is 16.9 Å². The average Bonchev–Trinajstić information content (AvgIpc) is 3.34. The van der Waals surface area contributed by atoms with Crippen LogP contribution < -0.4 is 0 Å². The molecule has 2 aliphatic rings. The summed E-state index contributed by atoms with van der Waals surface area (Å²) in [5.74, 6) is 0.280. The van der Waals surface area contributed by atoms with Gasteiger partial charge in [-0.1, -0.05) is 0 Å². The van der Waals surface area contributed by atoms with Crippen LogP contribution >= 0.6 is 11.3 Å². The van der Waals surface area contributed by atoms with Crippen LogP contribution in [0.15, 0.2) is 6.07 Å². The van der Waals surface area contributed by atoms with Gasteiger partial charge in [0, 0.05) is 26.7 Å². The zero-order chi connectivity index (χ0) is 19.5. The fourth-order valence-electron chi connectivity index (χ4n) is 3.77. The highest BCUT2D eigenvalue weighted by Gasteiger charge is 2.41. The quantitative estimate of drug-likeness (QED) is 0.811. The van der Waals surface area contributed by atoms with Crippen LogP contribution in [-0.4, -0.2) is 51.7 Å². The Kier molecular flexibility index (Phi) is 4.29. The first-order chi connectivity index (χ1) is 12.8. The van der Waals surface area contributed by atoms with Crippen molar-refractivity contribution in [2.24, 2.45) is 5.92 Å². The molecule has 1 atom stereocenters. The van der Waals surface area contributed by atoms with Gasteiger partial charge in [0.05, 0.1) is 26.8 Å². The van der Waals surface area contributed by atoms with E-state index in [0.29, 0.717) is 18.0 Å². The lowest BCUT2D eigenvalue weighted by atomic mass is 10.1. The minimum Gasteiger partial charge on any atom is -0.343 e. The second-order valence-corrected chi connectivity index (χ2v) is 8.95. The topological polar surface area (TPSA) is 66.4 Å². The van der Waals surface area contributed by atoms with Gasteiger partial charge in [-0.3, -0.25) is 9.59 Å². The lowest BCUT2D eigenvalue weighted by Crippen LogP contribution is -2.35. The molecule has 0 N–H and O–H groups in total. The van der Waals surface area contributed by atoms with Crippen LogP contribution in [0.25, 0.3) is 10.6 Å². The second kappa shape index (κ2) is 6.41. The molecule has 0 saturated heterocycles. The molecule has 142 valence electrons. The van der Waals surface area contributed by atoms with E-state index in [-0.39, 0.29) is 23.6 Å². The number of hydrogen-bond acceptors (Lipinski definition) is 5. The Balaban J connectivity index is 1.84. The van der Waals surface area contributed by atoms with Gasteiger partial charge >= 0.3 is 0 Å². The summed E-state index contributed by atoms with van der Waals surface area (Å²) >= 11 is 1.57. The molecular weight excluding hydrogens is 360 g/mol. The van der Waals surface area contributed by atoms with Crippen LogP contribution in [0.5, 0.6) is 0 Å². The zero-order valence-corrected chi connectivity index (χ0v) is 17.2. The Hall–Kier alpha value is -2.28. The van der Waals surface area contributed by atoms with Crippen LogP contribution in [0.3, 0.4) is 0 Å². The highest BCUT2D eigenvalue weighted by molar-refractivity contribution is 7.15. The highest BCUT2D eigenvalue weighted by Crippen LogP contribution is 2.40. The molecule has 0 bridgehead atoms. The number of pyridine rings is 1. The SMILES string of the molecule is Cc1nc(C)c(-c2cc3c(c(C(=O)N(C)C)n2)C(=O)N([C@@H](C)C2CC2)C3)s1. The summed E-state index contributed by atoms with van der Waals surface area (Å²) in [7, 11) is 3.38. The van der Waals surface area contributed by atoms with Gasteiger partial charge in [-0.2, -0.15) is 0 Å². The third-order valence-corrected chi connectivity index (χ3v) is 6.55. The molecule has 4 rings (SSSR count). The molecule has 1 aliphatic carbocycles. The van der Waals surface area contributed by atoms with Crippen molar-refractivity contribution in [3.63, 3.8) is 0 Å². The van der Waals surface area contributed by atoms with Gasteiger partial charge in [0.25, 0.3) is 11.8 Å². The molecule has 6 nitrogen and oxygen atoms in total. The first kappa shape index (κ1) is 18.1. The van der Waals surface area contributed by atoms with Crippen LogP contribution in [0, 0.1) is 19.8 Å². The second-order valence-electron chi connectivity index (χ2n) is 7.75. The van der Waals surface area contributed by atoms with Crippen molar-refractivity contribution < 1.29 is 9.59 Å². The summed E-state index contributed by atoms with van der Waals surface area (Å²) in [4.78, 5) is 39.5. The maximum absolute atomic E-state index is 13.1. The number of hydrogen-bond donors (Lipinski definition) is 0. The van der Waals surface area contributed by atoms with Crippen LogP contribution in [-0.2, 0) is 6.54 Å². The van der Waals surface area contributed by atoms with E-state index in [9.17, 15) is 9.59 Å². The molecule has 1 saturated carbocycles. The molecule has 1 fully saturated rings. The van der Waals surface area contributed by atoms with Gasteiger partial charge in [0.1, 0.15) is 5.69 Å². The fraction of sp³-hybridized carbons (Fsp3) is 0.500. The van der Waals surface area contributed by atoms with E-state index >= 15 is 0 Å². The lowest BCUT2D eigenvalue weighted by molar-refractivity contribution is 0.0688. The summed E-state index contributed by atoms with van der Waals surface area (Å²) in [5.41, 5.74) is 3.27. The summed E-state index contributed by atoms with van der Waals surface area (Å²) in [5, 5.41) is 0.963. The minimum absolute atomic E-state index is 0.0640. The van der Waals surface area contributed by atoms with E-state index in [4.69, 9.17) is 0 Å². The molecule has 0 aromatic carbocycles. The molecule has 7 heteroatoms. The molecule has 2 amide bonds. The summed E-state index contributed by atoms with van der Waals surface area (Å²) in [6, 6.07) is 2.17. The van der Waals surface area contributed by atoms with Crippen LogP contribution in [0.1, 0.15) is 56.9 Å². The standard InChI is InChI=1S/C20H24N4O2S/c1-10-18(27-12(3)21-10)15-8-14-9-24(11(2)13-6-7-13)19(25)16(14)17(22-15)20(26)23(4)5/h8,11,13H,6-7,9H2,1-5H3/t11-/m0/s1. The van der Waals surface area contributed by atoms with Gasteiger partial charge in [-0.05, 0) is 51.2 Å². The average molecular weight is 385 g/mol. The zero-order valence-electron chi connectivity index (χ0n) is 16.4. The molecule has 2 aromatic heterocycles. The third kappa shape index (κ3) is 3.04. The largest absolute Gasteiger partial charge is 0.343 e. The van der Waals surface area contributed by atoms with E-state index in [1.54, 1.807) is 25.4 Å². The number of thiazole rings is 1. The van der Waals surface area contributed by atoms with E-state index in [1.807, 2.05) is 24.8 Å². The maximum atomic E-state index is 13.1. The van der Waals surface area contributed by atoms with E-state index in [0.717, 1.165) is 26.8 Å². The molecule has 2 aromatic rings. The maximum Gasteiger partial charge on any atom is 0.272 e. The van der Waals surface area contributed by atoms with Gasteiger partial charge in [-0.25, -0.2) is 9.97 Å². The number of rotatable bonds is 4. The number of carbonyl (C=O) groups excluding carboxylic acids is 2. The first-order valence-corrected chi connectivity index (χ1v) is 10.1. The van der Waals surface area contributed by atoms with Crippen molar-refractivity contribution in [1.29, 1.82) is 0 Å². The highest BCUT2D eigenvalue weighted by atomic mass is 32.1. The Labute approximate surface area is 163 Å². The molecule has 0 radical (unpaired) electrons. The molecule has 27 heavy (non-hydrogen) atoms. The van der Waals surface area contributed by atoms with Crippen LogP contribution in [0.4, 0.5) is 0 Å². The first-order valence-electron chi connectivity index (χ1n) is 9.29. The van der Waals surface area contributed by atoms with Crippen molar-refractivity contribution in [3.05, 3.63) is 33.6 Å². The number of fused-ring (bicyclic) bond motifs is 1. The number of aromatic nitrogens is 2. The Bertz CT molecular complexity index is 946. The fourth-order valence-corrected chi connectivity index (χ4v) is 4.65. The minimum atomic E-state index is -0.235. The van der Waals surface area contributed by atoms with Crippen molar-refractivity contribution >= 4 is 23.2 Å². The number of aryl methyl sites for hydroxylation is 2. The van der Waals surface area contributed by atoms with Gasteiger partial charge in [0.15, 0.2) is 0 Å². The number of amides is 2. The van der Waals surface area contributed by atoms with Crippen molar-refractivity contribution in [1.82, 2.24) is 19.8 Å². The Morgan fingerprint density at radius 1 is 1.30 bits per heavy atom. The summed E-state index contributed by atoms with van der Waals surface area (Å²) in [6.07, 6.45) is 2.35. The molecule has 3 heterocycles. The monoisotopic (exact) mass is 384 g/mol. The van der Waals surface area contributed by atoms with E-state index < -0.39 is 0 Å². The smallest absolute Gasteiger partial charge is 0.272 e. The lowest BCUT2D eigenvalue weighted by Gasteiger charge is -2.24. The summed E-state index contributed by atoms with van der Waals surface area (Å²) < 4.78 is 0. The predicted octanol–water partition coefficient (Wildman–Crippen LogP) is 3.28. The van der Waals surface area contributed by atoms with Gasteiger partial charge < -0.3 is 9.80 Å². The molecule has 1 aliphatic heterocycles. The summed E-state index contributed by atoms with van der Waals surface area (Å²) in [6.45, 7) is 6.57. The van der Waals surface area contributed by atoms with Gasteiger partial charge in [-0.15, -0.1) is 11.3 Å². The molecule has 0 unspecified atom stereocenters. The number of carbonyl (C=O) groups is 2. The van der Waals surface area contributed by atoms with E-state index in [1.165, 1.54) is 17.7 Å². The van der Waals surface area contributed by atoms with Crippen molar-refractivity contribution in [2.45, 2.75) is 46.2 Å². The third-order valence-electron chi connectivity index (χ3n) is 5.46. The Morgan fingerprint density at radius 3 is 2.56 bits per heavy atom. The van der Waals surface area contributed by atoms with Crippen molar-refractivity contribution in [3.8, 4) is 10.6 Å². The molecular formula is C20H24N4O2S. The molecule has 0 spiro atoms. The predicted molar refractivity (Wildman–Crippen MR) is 105 cm³/mol. The number of nitrogens with zero attached hydrogens (tertiary/aromatic N) is 4.